The summed E-state index contributed by atoms with van der Waals surface area (Å²) >= 11 is 6.74. The summed E-state index contributed by atoms with van der Waals surface area (Å²) in [4.78, 5) is 41.9. The number of fused-ring (bicyclic) bond motifs is 1. The highest BCUT2D eigenvalue weighted by atomic mass is 35.5. The van der Waals surface area contributed by atoms with Crippen LogP contribution < -0.4 is 24.4 Å². The molecule has 0 aliphatic carbocycles. The smallest absolute Gasteiger partial charge is 0.434 e. The van der Waals surface area contributed by atoms with Gasteiger partial charge in [0, 0.05) is 5.02 Å². The fourth-order valence-corrected chi connectivity index (χ4v) is 5.42. The number of hydrogen-bond donors (Lipinski definition) is 0. The van der Waals surface area contributed by atoms with E-state index in [-0.39, 0.29) is 52.8 Å². The summed E-state index contributed by atoms with van der Waals surface area (Å²) < 4.78 is 64.9. The minimum absolute atomic E-state index is 0.0481. The van der Waals surface area contributed by atoms with Crippen LogP contribution in [0.2, 0.25) is 5.02 Å². The Bertz CT molecular complexity index is 1730. The van der Waals surface area contributed by atoms with E-state index in [0.717, 1.165) is 15.9 Å². The summed E-state index contributed by atoms with van der Waals surface area (Å²) in [5, 5.41) is 0.314. The van der Waals surface area contributed by atoms with Crippen molar-refractivity contribution in [2.75, 3.05) is 26.4 Å². The minimum Gasteiger partial charge on any atom is -0.490 e. The van der Waals surface area contributed by atoms with Crippen LogP contribution in [-0.2, 0) is 19.1 Å². The van der Waals surface area contributed by atoms with Crippen LogP contribution in [0.4, 0.5) is 13.2 Å². The molecule has 3 aromatic rings. The molecular formula is C29H26ClF3N2O7S. The van der Waals surface area contributed by atoms with Crippen molar-refractivity contribution >= 4 is 41.0 Å². The number of thiazole rings is 1. The van der Waals surface area contributed by atoms with E-state index >= 15 is 0 Å². The largest absolute Gasteiger partial charge is 0.490 e. The Hall–Kier alpha value is -4.10. The highest BCUT2D eigenvalue weighted by Gasteiger charge is 2.45. The number of benzene rings is 2. The van der Waals surface area contributed by atoms with Gasteiger partial charge in [0.15, 0.2) is 28.6 Å². The van der Waals surface area contributed by atoms with Gasteiger partial charge < -0.3 is 18.9 Å². The first-order valence-electron chi connectivity index (χ1n) is 13.1. The molecule has 1 aliphatic rings. The van der Waals surface area contributed by atoms with E-state index in [4.69, 9.17) is 30.5 Å². The number of carbonyl (C=O) groups is 2. The van der Waals surface area contributed by atoms with E-state index in [1.165, 1.54) is 43.3 Å². The lowest BCUT2D eigenvalue weighted by Gasteiger charge is -2.26. The molecular weight excluding hydrogens is 613 g/mol. The molecule has 1 aromatic heterocycles. The molecule has 0 saturated carbocycles. The van der Waals surface area contributed by atoms with E-state index in [2.05, 4.69) is 4.99 Å². The number of carbonyl (C=O) groups excluding carboxylic acids is 2. The molecule has 0 bridgehead atoms. The molecule has 1 atom stereocenters. The van der Waals surface area contributed by atoms with Gasteiger partial charge in [-0.3, -0.25) is 9.36 Å². The van der Waals surface area contributed by atoms with Gasteiger partial charge in [0.2, 0.25) is 0 Å². The number of esters is 2. The normalized spacial score (nSPS) is 15.0. The quantitative estimate of drug-likeness (QED) is 0.304. The fraction of sp³-hybridized carbons (Fsp3) is 0.310. The molecule has 4 rings (SSSR count). The van der Waals surface area contributed by atoms with Crippen molar-refractivity contribution in [3.05, 3.63) is 89.6 Å². The van der Waals surface area contributed by atoms with E-state index in [9.17, 15) is 27.6 Å². The topological polar surface area (TPSA) is 105 Å². The molecule has 43 heavy (non-hydrogen) atoms. The number of rotatable bonds is 10. The highest BCUT2D eigenvalue weighted by Crippen LogP contribution is 2.38. The number of alkyl halides is 3. The Labute approximate surface area is 252 Å². The van der Waals surface area contributed by atoms with Crippen LogP contribution in [0.3, 0.4) is 0 Å². The van der Waals surface area contributed by atoms with Crippen molar-refractivity contribution in [2.24, 2.45) is 4.99 Å². The molecule has 0 N–H and O–H groups in total. The van der Waals surface area contributed by atoms with Crippen molar-refractivity contribution in [1.82, 2.24) is 4.57 Å². The van der Waals surface area contributed by atoms with Gasteiger partial charge in [-0.05, 0) is 62.2 Å². The first kappa shape index (κ1) is 31.8. The Kier molecular flexibility index (Phi) is 9.97. The Morgan fingerprint density at radius 2 is 1.70 bits per heavy atom. The maximum Gasteiger partial charge on any atom is 0.434 e. The van der Waals surface area contributed by atoms with Gasteiger partial charge in [0.05, 0.1) is 36.0 Å². The molecule has 2 aromatic carbocycles. The van der Waals surface area contributed by atoms with Crippen LogP contribution in [0.25, 0.3) is 6.08 Å². The predicted octanol–water partition coefficient (Wildman–Crippen LogP) is 4.33. The average Bonchev–Trinajstić information content (AvgIpc) is 3.26. The lowest BCUT2D eigenvalue weighted by Crippen LogP contribution is -2.41. The number of allylic oxidation sites excluding steroid dienone is 1. The summed E-state index contributed by atoms with van der Waals surface area (Å²) in [6.07, 6.45) is -3.56. The predicted molar refractivity (Wildman–Crippen MR) is 152 cm³/mol. The van der Waals surface area contributed by atoms with Gasteiger partial charge in [-0.15, -0.1) is 0 Å². The average molecular weight is 639 g/mol. The molecule has 0 unspecified atom stereocenters. The van der Waals surface area contributed by atoms with Crippen LogP contribution in [0.1, 0.15) is 37.9 Å². The number of halogens is 4. The van der Waals surface area contributed by atoms with Crippen molar-refractivity contribution in [2.45, 2.75) is 33.0 Å². The first-order valence-corrected chi connectivity index (χ1v) is 14.3. The Morgan fingerprint density at radius 1 is 1.00 bits per heavy atom. The molecule has 0 radical (unpaired) electrons. The Morgan fingerprint density at radius 3 is 2.33 bits per heavy atom. The van der Waals surface area contributed by atoms with Crippen LogP contribution in [-0.4, -0.2) is 49.1 Å². The second-order valence-corrected chi connectivity index (χ2v) is 10.3. The Balaban J connectivity index is 1.88. The number of ether oxygens (including phenoxy) is 4. The maximum atomic E-state index is 14.3. The number of aromatic nitrogens is 1. The van der Waals surface area contributed by atoms with Crippen molar-refractivity contribution < 1.29 is 41.7 Å². The fourth-order valence-electron chi connectivity index (χ4n) is 4.29. The zero-order valence-corrected chi connectivity index (χ0v) is 24.8. The standard InChI is InChI=1S/C29H26ClF3N2O7S/c1-4-39-20-13-16(7-12-19(20)42-15-22(36)40-5-2)14-21-26(37)35-24(17-8-10-18(30)11-9-17)23(27(38)41-6-3)25(29(31,32)33)34-28(35)43-21/h7-14,24H,4-6,15H2,1-3H3/b21-14-/t24-/m0/s1. The first-order chi connectivity index (χ1) is 20.5. The van der Waals surface area contributed by atoms with Gasteiger partial charge in [-0.1, -0.05) is 41.1 Å². The third-order valence-electron chi connectivity index (χ3n) is 6.00. The second kappa shape index (κ2) is 13.5. The summed E-state index contributed by atoms with van der Waals surface area (Å²) in [6.45, 7) is 4.80. The molecule has 2 heterocycles. The van der Waals surface area contributed by atoms with E-state index in [1.54, 1.807) is 26.0 Å². The summed E-state index contributed by atoms with van der Waals surface area (Å²) in [5.41, 5.74) is -2.26. The summed E-state index contributed by atoms with van der Waals surface area (Å²) in [5.74, 6) is -1.28. The molecule has 0 amide bonds. The zero-order chi connectivity index (χ0) is 31.3. The van der Waals surface area contributed by atoms with Crippen molar-refractivity contribution in [3.63, 3.8) is 0 Å². The van der Waals surface area contributed by atoms with Gasteiger partial charge in [0.1, 0.15) is 0 Å². The molecule has 0 fully saturated rings. The van der Waals surface area contributed by atoms with Crippen LogP contribution in [0.5, 0.6) is 11.5 Å². The molecule has 14 heteroatoms. The van der Waals surface area contributed by atoms with Gasteiger partial charge in [0.25, 0.3) is 5.56 Å². The zero-order valence-electron chi connectivity index (χ0n) is 23.2. The number of nitrogens with zero attached hydrogens (tertiary/aromatic N) is 2. The summed E-state index contributed by atoms with van der Waals surface area (Å²) in [6, 6.07) is 8.97. The van der Waals surface area contributed by atoms with Crippen LogP contribution >= 0.6 is 22.9 Å². The third kappa shape index (κ3) is 7.11. The maximum absolute atomic E-state index is 14.3. The van der Waals surface area contributed by atoms with E-state index in [0.29, 0.717) is 10.6 Å². The third-order valence-corrected chi connectivity index (χ3v) is 7.23. The SMILES string of the molecule is CCOC(=O)COc1ccc(/C=c2\sc3n(c2=O)[C@@H](c2ccc(Cl)cc2)C(C(=O)OCC)=C(C(F)(F)F)N=3)cc1OCC. The summed E-state index contributed by atoms with van der Waals surface area (Å²) in [7, 11) is 0. The molecule has 0 saturated heterocycles. The van der Waals surface area contributed by atoms with Crippen molar-refractivity contribution in [3.8, 4) is 11.5 Å². The lowest BCUT2D eigenvalue weighted by atomic mass is 9.95. The molecule has 0 spiro atoms. The monoisotopic (exact) mass is 638 g/mol. The van der Waals surface area contributed by atoms with Gasteiger partial charge in [-0.25, -0.2) is 14.6 Å². The van der Waals surface area contributed by atoms with Crippen LogP contribution in [0.15, 0.2) is 63.5 Å². The van der Waals surface area contributed by atoms with E-state index < -0.39 is 41.0 Å². The van der Waals surface area contributed by atoms with Gasteiger partial charge >= 0.3 is 18.1 Å². The highest BCUT2D eigenvalue weighted by molar-refractivity contribution is 7.07. The number of hydrogen-bond acceptors (Lipinski definition) is 9. The minimum atomic E-state index is -5.02. The molecule has 9 nitrogen and oxygen atoms in total. The van der Waals surface area contributed by atoms with Crippen LogP contribution in [0, 0.1) is 0 Å². The van der Waals surface area contributed by atoms with E-state index in [1.807, 2.05) is 0 Å². The second-order valence-electron chi connectivity index (χ2n) is 8.85. The molecule has 228 valence electrons. The lowest BCUT2D eigenvalue weighted by molar-refractivity contribution is -0.145. The van der Waals surface area contributed by atoms with Gasteiger partial charge in [-0.2, -0.15) is 13.2 Å². The molecule has 1 aliphatic heterocycles. The van der Waals surface area contributed by atoms with Crippen molar-refractivity contribution in [1.29, 1.82) is 0 Å².